The summed E-state index contributed by atoms with van der Waals surface area (Å²) < 4.78 is 37.0. The molecule has 0 aliphatic heterocycles. The third-order valence-electron chi connectivity index (χ3n) is 4.66. The van der Waals surface area contributed by atoms with E-state index >= 15 is 0 Å². The third-order valence-corrected chi connectivity index (χ3v) is 4.66. The Hall–Kier alpha value is -3.29. The summed E-state index contributed by atoms with van der Waals surface area (Å²) in [5.41, 5.74) is 2.08. The quantitative estimate of drug-likeness (QED) is 0.536. The lowest BCUT2D eigenvalue weighted by Gasteiger charge is -2.15. The number of nitrogens with one attached hydrogen (secondary N) is 1. The van der Waals surface area contributed by atoms with E-state index in [4.69, 9.17) is 9.26 Å². The summed E-state index contributed by atoms with van der Waals surface area (Å²) in [5, 5.41) is 6.73. The number of aromatic nitrogens is 2. The molecule has 3 rings (SSSR count). The molecular formula is C23H25F2N3O3. The molecule has 3 aromatic rings. The first-order valence-electron chi connectivity index (χ1n) is 10.1. The molecular weight excluding hydrogens is 404 g/mol. The van der Waals surface area contributed by atoms with Gasteiger partial charge >= 0.3 is 0 Å². The van der Waals surface area contributed by atoms with Crippen molar-refractivity contribution in [2.75, 3.05) is 6.61 Å². The Labute approximate surface area is 179 Å². The molecule has 164 valence electrons. The summed E-state index contributed by atoms with van der Waals surface area (Å²) in [5.74, 6) is -0.466. The highest BCUT2D eigenvalue weighted by atomic mass is 19.1. The Kier molecular flexibility index (Phi) is 7.33. The van der Waals surface area contributed by atoms with Crippen LogP contribution in [0.25, 0.3) is 11.4 Å². The maximum absolute atomic E-state index is 13.6. The molecule has 1 amide bonds. The van der Waals surface area contributed by atoms with E-state index in [2.05, 4.69) is 29.3 Å². The minimum atomic E-state index is -0.787. The van der Waals surface area contributed by atoms with E-state index < -0.39 is 11.6 Å². The molecule has 0 bridgehead atoms. The van der Waals surface area contributed by atoms with E-state index in [9.17, 15) is 13.6 Å². The van der Waals surface area contributed by atoms with Crippen LogP contribution in [-0.2, 0) is 11.2 Å². The van der Waals surface area contributed by atoms with Crippen LogP contribution in [0, 0.1) is 11.6 Å². The fourth-order valence-electron chi connectivity index (χ4n) is 2.91. The summed E-state index contributed by atoms with van der Waals surface area (Å²) >= 11 is 0. The Bertz CT molecular complexity index is 1020. The molecule has 0 saturated heterocycles. The second-order valence-corrected chi connectivity index (χ2v) is 7.64. The molecule has 1 heterocycles. The van der Waals surface area contributed by atoms with Crippen LogP contribution in [0.2, 0.25) is 0 Å². The number of hydrogen-bond donors (Lipinski definition) is 1. The third kappa shape index (κ3) is 6.34. The lowest BCUT2D eigenvalue weighted by atomic mass is 10.0. The number of nitrogens with zero attached hydrogens (tertiary/aromatic N) is 2. The van der Waals surface area contributed by atoms with Crippen molar-refractivity contribution in [3.8, 4) is 17.1 Å². The van der Waals surface area contributed by atoms with E-state index in [0.717, 1.165) is 17.7 Å². The van der Waals surface area contributed by atoms with Gasteiger partial charge in [-0.05, 0) is 30.5 Å². The fourth-order valence-corrected chi connectivity index (χ4v) is 2.91. The van der Waals surface area contributed by atoms with E-state index in [-0.39, 0.29) is 30.7 Å². The number of benzene rings is 2. The van der Waals surface area contributed by atoms with Crippen molar-refractivity contribution in [2.45, 2.75) is 45.6 Å². The van der Waals surface area contributed by atoms with Crippen LogP contribution in [0.4, 0.5) is 8.78 Å². The Morgan fingerprint density at radius 3 is 2.55 bits per heavy atom. The fraction of sp³-hybridized carbons (Fsp3) is 0.348. The molecule has 6 nitrogen and oxygen atoms in total. The zero-order valence-corrected chi connectivity index (χ0v) is 17.7. The van der Waals surface area contributed by atoms with Crippen molar-refractivity contribution < 1.29 is 22.8 Å². The minimum Gasteiger partial charge on any atom is -0.488 e. The largest absolute Gasteiger partial charge is 0.488 e. The molecule has 2 aromatic carbocycles. The van der Waals surface area contributed by atoms with Crippen LogP contribution >= 0.6 is 0 Å². The number of aryl methyl sites for hydroxylation is 1. The predicted molar refractivity (Wildman–Crippen MR) is 112 cm³/mol. The molecule has 0 fully saturated rings. The smallest absolute Gasteiger partial charge is 0.227 e. The maximum atomic E-state index is 13.6. The van der Waals surface area contributed by atoms with Gasteiger partial charge in [0.25, 0.3) is 0 Å². The van der Waals surface area contributed by atoms with E-state index in [0.29, 0.717) is 24.1 Å². The van der Waals surface area contributed by atoms with Gasteiger partial charge in [-0.1, -0.05) is 43.3 Å². The summed E-state index contributed by atoms with van der Waals surface area (Å²) in [4.78, 5) is 16.5. The van der Waals surface area contributed by atoms with Gasteiger partial charge in [-0.25, -0.2) is 8.78 Å². The molecule has 1 unspecified atom stereocenters. The number of hydrogen-bond acceptors (Lipinski definition) is 5. The number of amides is 1. The first-order valence-corrected chi connectivity index (χ1v) is 10.1. The van der Waals surface area contributed by atoms with E-state index in [1.54, 1.807) is 6.92 Å². The second kappa shape index (κ2) is 10.1. The van der Waals surface area contributed by atoms with Gasteiger partial charge in [0.05, 0.1) is 6.04 Å². The van der Waals surface area contributed by atoms with E-state index in [1.807, 2.05) is 24.3 Å². The zero-order chi connectivity index (χ0) is 22.4. The van der Waals surface area contributed by atoms with Crippen LogP contribution in [0.3, 0.4) is 0 Å². The highest BCUT2D eigenvalue weighted by molar-refractivity contribution is 5.76. The second-order valence-electron chi connectivity index (χ2n) is 7.64. The topological polar surface area (TPSA) is 77.2 Å². The van der Waals surface area contributed by atoms with Crippen molar-refractivity contribution in [1.82, 2.24) is 15.5 Å². The van der Waals surface area contributed by atoms with Gasteiger partial charge in [0.2, 0.25) is 17.6 Å². The molecule has 0 aliphatic carbocycles. The number of carbonyl (C=O) groups is 1. The molecule has 0 saturated carbocycles. The Balaban J connectivity index is 1.45. The van der Waals surface area contributed by atoms with Gasteiger partial charge < -0.3 is 14.6 Å². The summed E-state index contributed by atoms with van der Waals surface area (Å²) in [6.45, 7) is 6.03. The van der Waals surface area contributed by atoms with Gasteiger partial charge in [-0.3, -0.25) is 4.79 Å². The van der Waals surface area contributed by atoms with Gasteiger partial charge in [0, 0.05) is 24.5 Å². The predicted octanol–water partition coefficient (Wildman–Crippen LogP) is 4.65. The molecule has 31 heavy (non-hydrogen) atoms. The number of carbonyl (C=O) groups excluding carboxylic acids is 1. The number of ether oxygens (including phenoxy) is 1. The maximum Gasteiger partial charge on any atom is 0.227 e. The normalized spacial score (nSPS) is 12.1. The summed E-state index contributed by atoms with van der Waals surface area (Å²) in [6.07, 6.45) is 0.451. The first-order chi connectivity index (χ1) is 14.8. The molecule has 1 atom stereocenters. The SMILES string of the molecule is CC(COc1ccc(F)cc1F)NC(=O)CCc1nc(-c2ccc(C(C)C)cc2)no1. The van der Waals surface area contributed by atoms with Gasteiger partial charge in [-0.2, -0.15) is 4.98 Å². The highest BCUT2D eigenvalue weighted by Gasteiger charge is 2.14. The molecule has 1 N–H and O–H groups in total. The van der Waals surface area contributed by atoms with Crippen LogP contribution in [0.1, 0.15) is 44.6 Å². The van der Waals surface area contributed by atoms with Crippen molar-refractivity contribution in [2.24, 2.45) is 0 Å². The number of rotatable bonds is 9. The molecule has 0 radical (unpaired) electrons. The van der Waals surface area contributed by atoms with Crippen LogP contribution in [0.15, 0.2) is 47.0 Å². The van der Waals surface area contributed by atoms with Crippen LogP contribution in [-0.4, -0.2) is 28.7 Å². The van der Waals surface area contributed by atoms with Gasteiger partial charge in [0.15, 0.2) is 11.6 Å². The monoisotopic (exact) mass is 429 g/mol. The highest BCUT2D eigenvalue weighted by Crippen LogP contribution is 2.21. The van der Waals surface area contributed by atoms with Gasteiger partial charge in [-0.15, -0.1) is 0 Å². The van der Waals surface area contributed by atoms with Gasteiger partial charge in [0.1, 0.15) is 12.4 Å². The molecule has 8 heteroatoms. The zero-order valence-electron chi connectivity index (χ0n) is 17.7. The number of halogens is 2. The summed E-state index contributed by atoms with van der Waals surface area (Å²) in [6, 6.07) is 10.7. The van der Waals surface area contributed by atoms with Crippen molar-refractivity contribution in [3.63, 3.8) is 0 Å². The van der Waals surface area contributed by atoms with E-state index in [1.165, 1.54) is 11.6 Å². The molecule has 1 aromatic heterocycles. The molecule has 0 aliphatic rings. The van der Waals surface area contributed by atoms with Crippen molar-refractivity contribution >= 4 is 5.91 Å². The Morgan fingerprint density at radius 1 is 1.13 bits per heavy atom. The average molecular weight is 429 g/mol. The Morgan fingerprint density at radius 2 is 1.87 bits per heavy atom. The lowest BCUT2D eigenvalue weighted by molar-refractivity contribution is -0.121. The van der Waals surface area contributed by atoms with Crippen molar-refractivity contribution in [3.05, 3.63) is 65.6 Å². The average Bonchev–Trinajstić information content (AvgIpc) is 3.21. The molecule has 0 spiro atoms. The van der Waals surface area contributed by atoms with Crippen LogP contribution in [0.5, 0.6) is 5.75 Å². The lowest BCUT2D eigenvalue weighted by Crippen LogP contribution is -2.37. The van der Waals surface area contributed by atoms with Crippen molar-refractivity contribution in [1.29, 1.82) is 0 Å². The minimum absolute atomic E-state index is 0.0470. The first kappa shape index (κ1) is 22.4. The van der Waals surface area contributed by atoms with Crippen LogP contribution < -0.4 is 10.1 Å². The standard InChI is InChI=1S/C23H25F2N3O3/c1-14(2)16-4-6-17(7-5-16)23-27-22(31-28-23)11-10-21(29)26-15(3)13-30-20-9-8-18(24)12-19(20)25/h4-9,12,14-15H,10-11,13H2,1-3H3,(H,26,29). The summed E-state index contributed by atoms with van der Waals surface area (Å²) in [7, 11) is 0.